The van der Waals surface area contributed by atoms with Gasteiger partial charge in [-0.2, -0.15) is 13.2 Å². The second-order valence-electron chi connectivity index (χ2n) is 6.21. The minimum Gasteiger partial charge on any atom is -0.457 e. The number of rotatable bonds is 4. The van der Waals surface area contributed by atoms with Crippen molar-refractivity contribution in [3.63, 3.8) is 0 Å². The van der Waals surface area contributed by atoms with Crippen LogP contribution in [0.3, 0.4) is 0 Å². The van der Waals surface area contributed by atoms with E-state index in [1.807, 2.05) is 0 Å². The van der Waals surface area contributed by atoms with Crippen molar-refractivity contribution in [3.05, 3.63) is 88.2 Å². The van der Waals surface area contributed by atoms with Gasteiger partial charge in [-0.05, 0) is 48.4 Å². The van der Waals surface area contributed by atoms with Gasteiger partial charge in [0.25, 0.3) is 0 Å². The monoisotopic (exact) mass is 407 g/mol. The highest BCUT2D eigenvalue weighted by molar-refractivity contribution is 6.34. The lowest BCUT2D eigenvalue weighted by Gasteiger charge is -2.24. The summed E-state index contributed by atoms with van der Waals surface area (Å²) in [5.74, 6) is 0.463. The smallest absolute Gasteiger partial charge is 0.416 e. The fraction of sp³-hybridized carbons (Fsp3) is 0.143. The van der Waals surface area contributed by atoms with Crippen molar-refractivity contribution in [1.29, 1.82) is 0 Å². The molecule has 0 aliphatic carbocycles. The molecule has 7 heteroatoms. The molecule has 0 amide bonds. The highest BCUT2D eigenvalue weighted by Crippen LogP contribution is 2.37. The van der Waals surface area contributed by atoms with Crippen LogP contribution in [0, 0.1) is 0 Å². The fourth-order valence-electron chi connectivity index (χ4n) is 2.89. The molecule has 0 bridgehead atoms. The van der Waals surface area contributed by atoms with Gasteiger partial charge in [-0.25, -0.2) is 0 Å². The molecule has 0 saturated carbocycles. The van der Waals surface area contributed by atoms with Crippen LogP contribution in [0.2, 0.25) is 0 Å². The fourth-order valence-corrected chi connectivity index (χ4v) is 3.03. The van der Waals surface area contributed by atoms with Crippen molar-refractivity contribution >= 4 is 17.2 Å². The first kappa shape index (κ1) is 20.0. The highest BCUT2D eigenvalue weighted by Gasteiger charge is 2.30. The maximum absolute atomic E-state index is 12.8. The maximum Gasteiger partial charge on any atom is 0.416 e. The SMILES string of the molecule is C=C1C(Cl)=C(C)NC(CO)=C1c1ccc(Oc2cccc(C(F)(F)F)c2)cc1. The van der Waals surface area contributed by atoms with Crippen molar-refractivity contribution in [2.24, 2.45) is 0 Å². The number of aliphatic hydroxyl groups excluding tert-OH is 1. The van der Waals surface area contributed by atoms with Gasteiger partial charge in [0, 0.05) is 17.0 Å². The Hall–Kier alpha value is -2.70. The standard InChI is InChI=1S/C21H17ClF3NO2/c1-12-19(18(11-27)26-13(2)20(12)22)14-6-8-16(9-7-14)28-17-5-3-4-15(10-17)21(23,24)25/h3-10,26-27H,1,11H2,2H3. The molecule has 0 saturated heterocycles. The zero-order valence-electron chi connectivity index (χ0n) is 14.9. The minimum atomic E-state index is -4.43. The summed E-state index contributed by atoms with van der Waals surface area (Å²) in [6, 6.07) is 11.4. The van der Waals surface area contributed by atoms with Crippen molar-refractivity contribution in [2.45, 2.75) is 13.1 Å². The first-order valence-corrected chi connectivity index (χ1v) is 8.71. The van der Waals surface area contributed by atoms with Crippen LogP contribution in [-0.4, -0.2) is 11.7 Å². The Labute approximate surface area is 165 Å². The average molecular weight is 408 g/mol. The maximum atomic E-state index is 12.8. The average Bonchev–Trinajstić information content (AvgIpc) is 2.66. The molecule has 146 valence electrons. The summed E-state index contributed by atoms with van der Waals surface area (Å²) in [5, 5.41) is 13.2. The minimum absolute atomic E-state index is 0.0863. The van der Waals surface area contributed by atoms with Gasteiger partial charge in [-0.3, -0.25) is 0 Å². The second-order valence-corrected chi connectivity index (χ2v) is 6.58. The van der Waals surface area contributed by atoms with E-state index in [2.05, 4.69) is 11.9 Å². The number of ether oxygens (including phenoxy) is 1. The van der Waals surface area contributed by atoms with E-state index < -0.39 is 11.7 Å². The van der Waals surface area contributed by atoms with Crippen LogP contribution in [0.4, 0.5) is 13.2 Å². The Kier molecular flexibility index (Phi) is 5.54. The number of allylic oxidation sites excluding steroid dienone is 4. The lowest BCUT2D eigenvalue weighted by molar-refractivity contribution is -0.137. The molecule has 3 nitrogen and oxygen atoms in total. The largest absolute Gasteiger partial charge is 0.457 e. The first-order valence-electron chi connectivity index (χ1n) is 8.33. The molecule has 0 aromatic heterocycles. The zero-order valence-corrected chi connectivity index (χ0v) is 15.7. The number of hydrogen-bond acceptors (Lipinski definition) is 3. The molecule has 0 unspecified atom stereocenters. The van der Waals surface area contributed by atoms with Gasteiger partial charge in [0.2, 0.25) is 0 Å². The molecule has 0 atom stereocenters. The van der Waals surface area contributed by atoms with Crippen LogP contribution in [0.25, 0.3) is 5.57 Å². The van der Waals surface area contributed by atoms with Crippen LogP contribution < -0.4 is 10.1 Å². The molecular formula is C21H17ClF3NO2. The number of dihydropyridines is 1. The summed E-state index contributed by atoms with van der Waals surface area (Å²) in [6.45, 7) is 5.55. The Morgan fingerprint density at radius 1 is 1.11 bits per heavy atom. The van der Waals surface area contributed by atoms with Gasteiger partial charge < -0.3 is 15.2 Å². The van der Waals surface area contributed by atoms with Crippen molar-refractivity contribution < 1.29 is 23.0 Å². The number of aliphatic hydroxyl groups is 1. The van der Waals surface area contributed by atoms with E-state index in [9.17, 15) is 18.3 Å². The normalized spacial score (nSPS) is 15.0. The summed E-state index contributed by atoms with van der Waals surface area (Å²) < 4.78 is 44.0. The molecule has 0 fully saturated rings. The van der Waals surface area contributed by atoms with E-state index in [4.69, 9.17) is 16.3 Å². The van der Waals surface area contributed by atoms with Crippen LogP contribution in [0.15, 0.2) is 77.1 Å². The summed E-state index contributed by atoms with van der Waals surface area (Å²) in [4.78, 5) is 0. The van der Waals surface area contributed by atoms with Crippen LogP contribution in [0.1, 0.15) is 18.1 Å². The third kappa shape index (κ3) is 4.08. The molecule has 28 heavy (non-hydrogen) atoms. The number of hydrogen-bond donors (Lipinski definition) is 2. The van der Waals surface area contributed by atoms with Crippen LogP contribution in [0.5, 0.6) is 11.5 Å². The Bertz CT molecular complexity index is 976. The Morgan fingerprint density at radius 2 is 1.79 bits per heavy atom. The molecule has 1 heterocycles. The van der Waals surface area contributed by atoms with Crippen molar-refractivity contribution in [3.8, 4) is 11.5 Å². The lowest BCUT2D eigenvalue weighted by Crippen LogP contribution is -2.22. The van der Waals surface area contributed by atoms with E-state index in [1.54, 1.807) is 31.2 Å². The van der Waals surface area contributed by atoms with Gasteiger partial charge in [0.15, 0.2) is 0 Å². The molecular weight excluding hydrogens is 391 g/mol. The molecule has 1 aliphatic rings. The molecule has 1 aliphatic heterocycles. The quantitative estimate of drug-likeness (QED) is 0.670. The zero-order chi connectivity index (χ0) is 20.5. The number of halogens is 4. The Balaban J connectivity index is 1.86. The number of alkyl halides is 3. The lowest BCUT2D eigenvalue weighted by atomic mass is 9.93. The summed E-state index contributed by atoms with van der Waals surface area (Å²) >= 11 is 6.26. The van der Waals surface area contributed by atoms with E-state index in [0.717, 1.165) is 17.7 Å². The first-order chi connectivity index (χ1) is 13.2. The highest BCUT2D eigenvalue weighted by atomic mass is 35.5. The van der Waals surface area contributed by atoms with Gasteiger partial charge >= 0.3 is 6.18 Å². The molecule has 2 aromatic rings. The third-order valence-corrected chi connectivity index (χ3v) is 4.75. The second kappa shape index (κ2) is 7.73. The number of benzene rings is 2. The van der Waals surface area contributed by atoms with Gasteiger partial charge in [0.05, 0.1) is 17.2 Å². The Morgan fingerprint density at radius 3 is 2.39 bits per heavy atom. The van der Waals surface area contributed by atoms with E-state index in [1.165, 1.54) is 12.1 Å². The van der Waals surface area contributed by atoms with E-state index in [0.29, 0.717) is 33.3 Å². The van der Waals surface area contributed by atoms with Gasteiger partial charge in [-0.1, -0.05) is 36.4 Å². The van der Waals surface area contributed by atoms with Crippen LogP contribution >= 0.6 is 11.6 Å². The van der Waals surface area contributed by atoms with Gasteiger partial charge in [-0.15, -0.1) is 0 Å². The topological polar surface area (TPSA) is 41.5 Å². The molecule has 2 aromatic carbocycles. The summed E-state index contributed by atoms with van der Waals surface area (Å²) in [6.07, 6.45) is -4.43. The van der Waals surface area contributed by atoms with Crippen LogP contribution in [-0.2, 0) is 6.18 Å². The predicted octanol–water partition coefficient (Wildman–Crippen LogP) is 5.83. The number of nitrogens with one attached hydrogen (secondary N) is 1. The van der Waals surface area contributed by atoms with E-state index >= 15 is 0 Å². The van der Waals surface area contributed by atoms with E-state index in [-0.39, 0.29) is 12.4 Å². The summed E-state index contributed by atoms with van der Waals surface area (Å²) in [5.41, 5.74) is 2.48. The van der Waals surface area contributed by atoms with Gasteiger partial charge in [0.1, 0.15) is 11.5 Å². The van der Waals surface area contributed by atoms with Crippen molar-refractivity contribution in [1.82, 2.24) is 5.32 Å². The molecule has 0 spiro atoms. The molecule has 3 rings (SSSR count). The van der Waals surface area contributed by atoms with Crippen molar-refractivity contribution in [2.75, 3.05) is 6.61 Å². The predicted molar refractivity (Wildman–Crippen MR) is 103 cm³/mol. The summed E-state index contributed by atoms with van der Waals surface area (Å²) in [7, 11) is 0. The third-order valence-electron chi connectivity index (χ3n) is 4.23. The molecule has 0 radical (unpaired) electrons. The molecule has 2 N–H and O–H groups in total.